The highest BCUT2D eigenvalue weighted by Gasteiger charge is 2.37. The lowest BCUT2D eigenvalue weighted by Crippen LogP contribution is -2.17. The number of anilines is 12. The Morgan fingerprint density at radius 2 is 0.390 bits per heavy atom. The quantitative estimate of drug-likeness (QED) is 0.114. The van der Waals surface area contributed by atoms with Crippen LogP contribution < -0.4 is 19.6 Å². The summed E-state index contributed by atoms with van der Waals surface area (Å²) in [6.07, 6.45) is 0. The molecule has 0 saturated heterocycles. The molecule has 0 saturated carbocycles. The van der Waals surface area contributed by atoms with Gasteiger partial charge in [-0.1, -0.05) is 185 Å². The van der Waals surface area contributed by atoms with Crippen molar-refractivity contribution in [2.75, 3.05) is 19.6 Å². The third-order valence-corrected chi connectivity index (χ3v) is 17.0. The van der Waals surface area contributed by atoms with Gasteiger partial charge in [-0.3, -0.25) is 0 Å². The maximum absolute atomic E-state index is 2.42. The molecule has 12 aromatic rings. The molecule has 2 aliphatic carbocycles. The minimum Gasteiger partial charge on any atom is -0.311 e. The van der Waals surface area contributed by atoms with E-state index in [2.05, 4.69) is 351 Å². The van der Waals surface area contributed by atoms with Crippen LogP contribution in [0.15, 0.2) is 303 Å². The molecule has 0 radical (unpaired) electrons. The third-order valence-electron chi connectivity index (χ3n) is 17.0. The van der Waals surface area contributed by atoms with Gasteiger partial charge >= 0.3 is 0 Å². The predicted molar refractivity (Wildman–Crippen MR) is 346 cm³/mol. The lowest BCUT2D eigenvalue weighted by atomic mass is 9.82. The molecule has 0 aromatic heterocycles. The van der Waals surface area contributed by atoms with Gasteiger partial charge in [0.05, 0.1) is 0 Å². The molecule has 0 spiro atoms. The zero-order valence-corrected chi connectivity index (χ0v) is 46.7. The van der Waals surface area contributed by atoms with Gasteiger partial charge in [0.1, 0.15) is 0 Å². The van der Waals surface area contributed by atoms with Gasteiger partial charge in [0, 0.05) is 79.1 Å². The van der Waals surface area contributed by atoms with E-state index < -0.39 is 0 Å². The average molecular weight is 1060 g/mol. The van der Waals surface area contributed by atoms with Crippen LogP contribution in [0.3, 0.4) is 0 Å². The van der Waals surface area contributed by atoms with Crippen LogP contribution in [0.25, 0.3) is 33.4 Å². The number of hydrogen-bond acceptors (Lipinski definition) is 4. The molecule has 0 atom stereocenters. The van der Waals surface area contributed by atoms with Crippen LogP contribution in [-0.4, -0.2) is 0 Å². The second kappa shape index (κ2) is 20.5. The SMILES string of the molecule is CC1(C)c2ccccc2-c2ccc(N(c3ccccc3)c3ccc(N(c4ccc(-c5ccc(N(c6ccccc6)c6ccc(N(c7ccccc7)c7ccccc7)cc6)cc5)cc4)c4ccc5c(c4)C(C)(C)c4ccccc4-5)cc3)cc21. The maximum Gasteiger partial charge on any atom is 0.0465 e. The first-order valence-corrected chi connectivity index (χ1v) is 28.5. The predicted octanol–water partition coefficient (Wildman–Crippen LogP) is 21.8. The van der Waals surface area contributed by atoms with Crippen molar-refractivity contribution in [1.82, 2.24) is 0 Å². The molecule has 394 valence electrons. The first-order chi connectivity index (χ1) is 40.2. The Bertz CT molecular complexity index is 4190. The average Bonchev–Trinajstić information content (AvgIpc) is 3.47. The van der Waals surface area contributed by atoms with Crippen molar-refractivity contribution < 1.29 is 0 Å². The fourth-order valence-corrected chi connectivity index (χ4v) is 12.9. The summed E-state index contributed by atoms with van der Waals surface area (Å²) in [7, 11) is 0. The highest BCUT2D eigenvalue weighted by Crippen LogP contribution is 2.53. The molecule has 0 amide bonds. The van der Waals surface area contributed by atoms with Gasteiger partial charge in [-0.05, 0) is 201 Å². The van der Waals surface area contributed by atoms with E-state index in [-0.39, 0.29) is 10.8 Å². The van der Waals surface area contributed by atoms with E-state index in [0.717, 1.165) is 79.4 Å². The van der Waals surface area contributed by atoms with Crippen molar-refractivity contribution >= 4 is 68.2 Å². The first-order valence-electron chi connectivity index (χ1n) is 28.5. The number of fused-ring (bicyclic) bond motifs is 6. The van der Waals surface area contributed by atoms with Crippen molar-refractivity contribution in [2.24, 2.45) is 0 Å². The minimum absolute atomic E-state index is 0.118. The van der Waals surface area contributed by atoms with Gasteiger partial charge in [-0.2, -0.15) is 0 Å². The van der Waals surface area contributed by atoms with E-state index in [1.165, 1.54) is 44.5 Å². The van der Waals surface area contributed by atoms with Gasteiger partial charge in [0.2, 0.25) is 0 Å². The zero-order chi connectivity index (χ0) is 55.4. The summed E-state index contributed by atoms with van der Waals surface area (Å²) >= 11 is 0. The summed E-state index contributed by atoms with van der Waals surface area (Å²) in [5, 5.41) is 0. The Morgan fingerprint density at radius 3 is 0.683 bits per heavy atom. The van der Waals surface area contributed by atoms with E-state index >= 15 is 0 Å². The summed E-state index contributed by atoms with van der Waals surface area (Å²) in [5.41, 5.74) is 25.9. The highest BCUT2D eigenvalue weighted by molar-refractivity contribution is 5.89. The van der Waals surface area contributed by atoms with Gasteiger partial charge in [-0.15, -0.1) is 0 Å². The third kappa shape index (κ3) is 8.81. The van der Waals surface area contributed by atoms with Crippen LogP contribution >= 0.6 is 0 Å². The standard InChI is InChI=1S/C78H62N4/c1-77(2)73-31-19-17-29-69(73)71-51-49-67(53-75(71)77)81(60-27-15-8-16-28-60)65-45-47-66(48-46-65)82(68-50-52-72-70-30-18-20-32-74(70)78(3,4)76(72)54-68)62-39-35-56(36-40-62)55-33-37-61(38-34-55)80(59-25-13-7-14-26-59)64-43-41-63(42-44-64)79(57-21-9-5-10-22-57)58-23-11-6-12-24-58/h5-54H,1-4H3. The van der Waals surface area contributed by atoms with Gasteiger partial charge < -0.3 is 19.6 Å². The Labute approximate surface area is 482 Å². The van der Waals surface area contributed by atoms with Crippen molar-refractivity contribution in [1.29, 1.82) is 0 Å². The fraction of sp³-hybridized carbons (Fsp3) is 0.0769. The lowest BCUT2D eigenvalue weighted by Gasteiger charge is -2.30. The number of rotatable bonds is 13. The molecule has 14 rings (SSSR count). The number of para-hydroxylation sites is 4. The molecule has 4 nitrogen and oxygen atoms in total. The molecule has 2 aliphatic rings. The first kappa shape index (κ1) is 50.1. The van der Waals surface area contributed by atoms with Crippen molar-refractivity contribution in [3.8, 4) is 33.4 Å². The van der Waals surface area contributed by atoms with Crippen LogP contribution in [0, 0.1) is 0 Å². The molecular weight excluding hydrogens is 993 g/mol. The summed E-state index contributed by atoms with van der Waals surface area (Å²) in [6.45, 7) is 9.43. The molecule has 4 heteroatoms. The molecule has 82 heavy (non-hydrogen) atoms. The summed E-state index contributed by atoms with van der Waals surface area (Å²) in [6, 6.07) is 110. The van der Waals surface area contributed by atoms with Crippen LogP contribution in [-0.2, 0) is 10.8 Å². The fourth-order valence-electron chi connectivity index (χ4n) is 12.9. The number of benzene rings is 12. The van der Waals surface area contributed by atoms with E-state index in [0.29, 0.717) is 0 Å². The van der Waals surface area contributed by atoms with E-state index in [1.54, 1.807) is 0 Å². The van der Waals surface area contributed by atoms with Crippen LogP contribution in [0.1, 0.15) is 49.9 Å². The monoisotopic (exact) mass is 1050 g/mol. The van der Waals surface area contributed by atoms with Crippen LogP contribution in [0.2, 0.25) is 0 Å². The molecular formula is C78H62N4. The minimum atomic E-state index is -0.152. The Balaban J connectivity index is 0.803. The number of nitrogens with zero attached hydrogens (tertiary/aromatic N) is 4. The van der Waals surface area contributed by atoms with Gasteiger partial charge in [0.15, 0.2) is 0 Å². The summed E-state index contributed by atoms with van der Waals surface area (Å²) in [5.74, 6) is 0. The second-order valence-corrected chi connectivity index (χ2v) is 22.6. The van der Waals surface area contributed by atoms with E-state index in [9.17, 15) is 0 Å². The Hall–Kier alpha value is -10.2. The largest absolute Gasteiger partial charge is 0.311 e. The molecule has 0 N–H and O–H groups in total. The molecule has 0 fully saturated rings. The Kier molecular flexibility index (Phi) is 12.5. The summed E-state index contributed by atoms with van der Waals surface area (Å²) in [4.78, 5) is 9.44. The number of hydrogen-bond donors (Lipinski definition) is 0. The zero-order valence-electron chi connectivity index (χ0n) is 46.7. The Morgan fingerprint density at radius 1 is 0.183 bits per heavy atom. The highest BCUT2D eigenvalue weighted by atomic mass is 15.2. The second-order valence-electron chi connectivity index (χ2n) is 22.6. The lowest BCUT2D eigenvalue weighted by molar-refractivity contribution is 0.660. The maximum atomic E-state index is 2.42. The van der Waals surface area contributed by atoms with Crippen LogP contribution in [0.5, 0.6) is 0 Å². The molecule has 0 aliphatic heterocycles. The van der Waals surface area contributed by atoms with Gasteiger partial charge in [-0.25, -0.2) is 0 Å². The van der Waals surface area contributed by atoms with Crippen molar-refractivity contribution in [3.05, 3.63) is 326 Å². The van der Waals surface area contributed by atoms with Crippen molar-refractivity contribution in [3.63, 3.8) is 0 Å². The van der Waals surface area contributed by atoms with E-state index in [1.807, 2.05) is 0 Å². The molecule has 0 unspecified atom stereocenters. The normalized spacial score (nSPS) is 13.1. The van der Waals surface area contributed by atoms with Crippen LogP contribution in [0.4, 0.5) is 68.2 Å². The topological polar surface area (TPSA) is 13.0 Å². The smallest absolute Gasteiger partial charge is 0.0465 e. The molecule has 0 bridgehead atoms. The molecule has 0 heterocycles. The van der Waals surface area contributed by atoms with Gasteiger partial charge in [0.25, 0.3) is 0 Å². The summed E-state index contributed by atoms with van der Waals surface area (Å²) < 4.78 is 0. The van der Waals surface area contributed by atoms with Crippen molar-refractivity contribution in [2.45, 2.75) is 38.5 Å². The van der Waals surface area contributed by atoms with E-state index in [4.69, 9.17) is 0 Å². The molecule has 12 aromatic carbocycles.